The molecule has 2 N–H and O–H groups in total. The van der Waals surface area contributed by atoms with Gasteiger partial charge in [-0.3, -0.25) is 4.79 Å². The second-order valence-electron chi connectivity index (χ2n) is 3.44. The highest BCUT2D eigenvalue weighted by atomic mass is 16.5. The van der Waals surface area contributed by atoms with E-state index in [4.69, 9.17) is 9.84 Å². The van der Waals surface area contributed by atoms with Crippen LogP contribution in [0.3, 0.4) is 0 Å². The quantitative estimate of drug-likeness (QED) is 0.620. The SMILES string of the molecule is CCC(CC)CNC(COC)C(=O)O. The number of carbonyl (C=O) groups is 1. The fraction of sp³-hybridized carbons (Fsp3) is 0.900. The van der Waals surface area contributed by atoms with Gasteiger partial charge in [0.1, 0.15) is 6.04 Å². The third-order valence-electron chi connectivity index (χ3n) is 2.44. The second-order valence-corrected chi connectivity index (χ2v) is 3.44. The first-order valence-electron chi connectivity index (χ1n) is 5.10. The van der Waals surface area contributed by atoms with E-state index in [0.29, 0.717) is 5.92 Å². The zero-order chi connectivity index (χ0) is 11.0. The maximum Gasteiger partial charge on any atom is 0.323 e. The van der Waals surface area contributed by atoms with Gasteiger partial charge in [-0.2, -0.15) is 0 Å². The number of aliphatic carboxylic acids is 1. The van der Waals surface area contributed by atoms with Crippen LogP contribution >= 0.6 is 0 Å². The molecule has 0 aromatic carbocycles. The van der Waals surface area contributed by atoms with E-state index in [9.17, 15) is 4.79 Å². The first kappa shape index (κ1) is 13.4. The summed E-state index contributed by atoms with van der Waals surface area (Å²) < 4.78 is 4.82. The van der Waals surface area contributed by atoms with Crippen molar-refractivity contribution in [3.8, 4) is 0 Å². The fourth-order valence-electron chi connectivity index (χ4n) is 1.27. The summed E-state index contributed by atoms with van der Waals surface area (Å²) in [4.78, 5) is 10.7. The van der Waals surface area contributed by atoms with Crippen molar-refractivity contribution in [3.63, 3.8) is 0 Å². The summed E-state index contributed by atoms with van der Waals surface area (Å²) in [6.45, 7) is 5.19. The van der Waals surface area contributed by atoms with Crippen molar-refractivity contribution >= 4 is 5.97 Å². The van der Waals surface area contributed by atoms with E-state index >= 15 is 0 Å². The van der Waals surface area contributed by atoms with Crippen molar-refractivity contribution in [2.24, 2.45) is 5.92 Å². The van der Waals surface area contributed by atoms with Crippen LogP contribution in [-0.2, 0) is 9.53 Å². The molecule has 0 aromatic rings. The summed E-state index contributed by atoms with van der Waals surface area (Å²) >= 11 is 0. The molecule has 14 heavy (non-hydrogen) atoms. The van der Waals surface area contributed by atoms with Gasteiger partial charge in [0, 0.05) is 7.11 Å². The molecule has 4 heteroatoms. The van der Waals surface area contributed by atoms with E-state index < -0.39 is 12.0 Å². The number of carboxylic acids is 1. The Hall–Kier alpha value is -0.610. The van der Waals surface area contributed by atoms with Crippen LogP contribution in [0.5, 0.6) is 0 Å². The van der Waals surface area contributed by atoms with Gasteiger partial charge in [0.05, 0.1) is 6.61 Å². The lowest BCUT2D eigenvalue weighted by atomic mass is 10.0. The first-order chi connectivity index (χ1) is 6.65. The molecule has 0 heterocycles. The van der Waals surface area contributed by atoms with E-state index in [1.165, 1.54) is 7.11 Å². The van der Waals surface area contributed by atoms with Crippen molar-refractivity contribution in [1.29, 1.82) is 0 Å². The Labute approximate surface area is 85.6 Å². The molecule has 0 rings (SSSR count). The van der Waals surface area contributed by atoms with Crippen LogP contribution in [0.15, 0.2) is 0 Å². The largest absolute Gasteiger partial charge is 0.480 e. The predicted octanol–water partition coefficient (Wildman–Crippen LogP) is 1.11. The second kappa shape index (κ2) is 7.76. The van der Waals surface area contributed by atoms with Crippen molar-refractivity contribution < 1.29 is 14.6 Å². The van der Waals surface area contributed by atoms with Crippen molar-refractivity contribution in [2.75, 3.05) is 20.3 Å². The third kappa shape index (κ3) is 5.19. The van der Waals surface area contributed by atoms with Gasteiger partial charge in [0.15, 0.2) is 0 Å². The molecule has 84 valence electrons. The number of methoxy groups -OCH3 is 1. The summed E-state index contributed by atoms with van der Waals surface area (Å²) in [6, 6.07) is -0.583. The number of carboxylic acid groups (broad SMARTS) is 1. The summed E-state index contributed by atoms with van der Waals surface area (Å²) in [5.74, 6) is -0.300. The Morgan fingerprint density at radius 3 is 2.36 bits per heavy atom. The van der Waals surface area contributed by atoms with Crippen molar-refractivity contribution in [3.05, 3.63) is 0 Å². The Morgan fingerprint density at radius 2 is 2.00 bits per heavy atom. The van der Waals surface area contributed by atoms with E-state index in [1.807, 2.05) is 0 Å². The first-order valence-corrected chi connectivity index (χ1v) is 5.10. The number of hydrogen-bond acceptors (Lipinski definition) is 3. The van der Waals surface area contributed by atoms with Gasteiger partial charge in [-0.05, 0) is 12.5 Å². The van der Waals surface area contributed by atoms with Gasteiger partial charge < -0.3 is 15.2 Å². The normalized spacial score (nSPS) is 13.1. The fourth-order valence-corrected chi connectivity index (χ4v) is 1.27. The summed E-state index contributed by atoms with van der Waals surface area (Å²) in [5, 5.41) is 11.8. The molecule has 0 aliphatic rings. The van der Waals surface area contributed by atoms with Crippen LogP contribution < -0.4 is 5.32 Å². The highest BCUT2D eigenvalue weighted by molar-refractivity contribution is 5.73. The number of hydrogen-bond donors (Lipinski definition) is 2. The Morgan fingerprint density at radius 1 is 1.43 bits per heavy atom. The topological polar surface area (TPSA) is 58.6 Å². The average molecular weight is 203 g/mol. The lowest BCUT2D eigenvalue weighted by molar-refractivity contribution is -0.140. The number of rotatable bonds is 8. The summed E-state index contributed by atoms with van der Waals surface area (Å²) in [6.07, 6.45) is 2.14. The van der Waals surface area contributed by atoms with Crippen molar-refractivity contribution in [2.45, 2.75) is 32.7 Å². The van der Waals surface area contributed by atoms with E-state index in [1.54, 1.807) is 0 Å². The molecule has 0 aliphatic heterocycles. The van der Waals surface area contributed by atoms with Gasteiger partial charge in [0.2, 0.25) is 0 Å². The van der Waals surface area contributed by atoms with Crippen LogP contribution in [0.25, 0.3) is 0 Å². The molecule has 0 aromatic heterocycles. The van der Waals surface area contributed by atoms with Crippen LogP contribution in [-0.4, -0.2) is 37.4 Å². The molecular weight excluding hydrogens is 182 g/mol. The zero-order valence-electron chi connectivity index (χ0n) is 9.25. The number of nitrogens with one attached hydrogen (secondary N) is 1. The van der Waals surface area contributed by atoms with E-state index in [2.05, 4.69) is 19.2 Å². The minimum absolute atomic E-state index is 0.218. The Balaban J connectivity index is 3.85. The highest BCUT2D eigenvalue weighted by Crippen LogP contribution is 2.05. The summed E-state index contributed by atoms with van der Waals surface area (Å²) in [5.41, 5.74) is 0. The smallest absolute Gasteiger partial charge is 0.323 e. The van der Waals surface area contributed by atoms with Crippen LogP contribution in [0.1, 0.15) is 26.7 Å². The molecule has 0 amide bonds. The molecule has 1 unspecified atom stereocenters. The third-order valence-corrected chi connectivity index (χ3v) is 2.44. The standard InChI is InChI=1S/C10H21NO3/c1-4-8(5-2)6-11-9(7-14-3)10(12)13/h8-9,11H,4-7H2,1-3H3,(H,12,13). The zero-order valence-corrected chi connectivity index (χ0v) is 9.25. The molecule has 0 aliphatic carbocycles. The van der Waals surface area contributed by atoms with E-state index in [0.717, 1.165) is 19.4 Å². The molecular formula is C10H21NO3. The molecule has 0 bridgehead atoms. The maximum atomic E-state index is 10.7. The number of ether oxygens (including phenoxy) is 1. The van der Waals surface area contributed by atoms with Gasteiger partial charge >= 0.3 is 5.97 Å². The Bertz CT molecular complexity index is 157. The van der Waals surface area contributed by atoms with E-state index in [-0.39, 0.29) is 6.61 Å². The minimum atomic E-state index is -0.849. The van der Waals surface area contributed by atoms with Gasteiger partial charge in [-0.25, -0.2) is 0 Å². The van der Waals surface area contributed by atoms with Crippen LogP contribution in [0, 0.1) is 5.92 Å². The minimum Gasteiger partial charge on any atom is -0.480 e. The van der Waals surface area contributed by atoms with Gasteiger partial charge in [-0.15, -0.1) is 0 Å². The molecule has 0 fully saturated rings. The van der Waals surface area contributed by atoms with Crippen molar-refractivity contribution in [1.82, 2.24) is 5.32 Å². The van der Waals surface area contributed by atoms with Crippen LogP contribution in [0.4, 0.5) is 0 Å². The highest BCUT2D eigenvalue weighted by Gasteiger charge is 2.17. The molecule has 0 saturated heterocycles. The molecule has 0 saturated carbocycles. The monoisotopic (exact) mass is 203 g/mol. The molecule has 4 nitrogen and oxygen atoms in total. The van der Waals surface area contributed by atoms with Crippen LogP contribution in [0.2, 0.25) is 0 Å². The molecule has 0 spiro atoms. The lowest BCUT2D eigenvalue weighted by Gasteiger charge is -2.17. The predicted molar refractivity (Wildman–Crippen MR) is 55.4 cm³/mol. The molecule has 1 atom stereocenters. The average Bonchev–Trinajstić information content (AvgIpc) is 2.17. The maximum absolute atomic E-state index is 10.7. The molecule has 0 radical (unpaired) electrons. The Kier molecular flexibility index (Phi) is 7.42. The van der Waals surface area contributed by atoms with Gasteiger partial charge in [0.25, 0.3) is 0 Å². The summed E-state index contributed by atoms with van der Waals surface area (Å²) in [7, 11) is 1.51. The lowest BCUT2D eigenvalue weighted by Crippen LogP contribution is -2.42. The van der Waals surface area contributed by atoms with Gasteiger partial charge in [-0.1, -0.05) is 26.7 Å².